The summed E-state index contributed by atoms with van der Waals surface area (Å²) in [6, 6.07) is 5.15. The molecule has 0 bridgehead atoms. The summed E-state index contributed by atoms with van der Waals surface area (Å²) < 4.78 is 1.05. The van der Waals surface area contributed by atoms with E-state index in [2.05, 4.69) is 26.2 Å². The number of carboxylic acid groups (broad SMARTS) is 1. The Balaban J connectivity index is 2.17. The van der Waals surface area contributed by atoms with E-state index in [1.165, 1.54) is 0 Å². The second-order valence-electron chi connectivity index (χ2n) is 3.94. The van der Waals surface area contributed by atoms with Crippen molar-refractivity contribution in [1.29, 1.82) is 0 Å². The first kappa shape index (κ1) is 14.0. The fourth-order valence-corrected chi connectivity index (χ4v) is 3.04. The molecule has 2 heterocycles. The van der Waals surface area contributed by atoms with Crippen molar-refractivity contribution >= 4 is 39.1 Å². The number of aromatic nitrogens is 1. The molecule has 4 nitrogen and oxygen atoms in total. The Morgan fingerprint density at radius 1 is 1.53 bits per heavy atom. The molecular formula is C13H13BrN2O2S. The highest BCUT2D eigenvalue weighted by Crippen LogP contribution is 2.23. The fraction of sp³-hybridized carbons (Fsp3) is 0.231. The molecule has 2 rings (SSSR count). The molecule has 19 heavy (non-hydrogen) atoms. The maximum atomic E-state index is 11.0. The minimum Gasteiger partial charge on any atom is -0.478 e. The van der Waals surface area contributed by atoms with E-state index in [1.807, 2.05) is 18.4 Å². The third kappa shape index (κ3) is 3.54. The van der Waals surface area contributed by atoms with E-state index in [-0.39, 0.29) is 5.56 Å². The lowest BCUT2D eigenvalue weighted by Crippen LogP contribution is -2.06. The van der Waals surface area contributed by atoms with E-state index in [4.69, 9.17) is 5.11 Å². The van der Waals surface area contributed by atoms with Gasteiger partial charge in [0.15, 0.2) is 0 Å². The number of carbonyl (C=O) groups is 1. The monoisotopic (exact) mass is 340 g/mol. The Labute approximate surface area is 123 Å². The zero-order chi connectivity index (χ0) is 13.8. The number of hydrogen-bond acceptors (Lipinski definition) is 4. The van der Waals surface area contributed by atoms with Gasteiger partial charge >= 0.3 is 5.97 Å². The topological polar surface area (TPSA) is 62.2 Å². The first-order valence-electron chi connectivity index (χ1n) is 5.80. The van der Waals surface area contributed by atoms with Gasteiger partial charge in [0.25, 0.3) is 0 Å². The maximum absolute atomic E-state index is 11.0. The van der Waals surface area contributed by atoms with E-state index in [0.29, 0.717) is 18.8 Å². The van der Waals surface area contributed by atoms with Crippen LogP contribution in [0.3, 0.4) is 0 Å². The quantitative estimate of drug-likeness (QED) is 0.869. The number of halogens is 1. The van der Waals surface area contributed by atoms with Crippen LogP contribution in [0, 0.1) is 0 Å². The zero-order valence-corrected chi connectivity index (χ0v) is 12.7. The number of hydrogen-bond donors (Lipinski definition) is 2. The van der Waals surface area contributed by atoms with Crippen LogP contribution in [0.5, 0.6) is 0 Å². The van der Waals surface area contributed by atoms with Gasteiger partial charge in [-0.1, -0.05) is 6.92 Å². The van der Waals surface area contributed by atoms with Crippen LogP contribution >= 0.6 is 27.3 Å². The molecule has 0 saturated heterocycles. The number of nitrogens with one attached hydrogen (secondary N) is 1. The van der Waals surface area contributed by atoms with Gasteiger partial charge in [0.2, 0.25) is 0 Å². The summed E-state index contributed by atoms with van der Waals surface area (Å²) in [7, 11) is 0. The average molecular weight is 341 g/mol. The van der Waals surface area contributed by atoms with Gasteiger partial charge in [0, 0.05) is 15.0 Å². The summed E-state index contributed by atoms with van der Waals surface area (Å²) in [6.07, 6.45) is 0.707. The van der Waals surface area contributed by atoms with Crippen molar-refractivity contribution in [2.45, 2.75) is 19.9 Å². The van der Waals surface area contributed by atoms with Gasteiger partial charge in [-0.25, -0.2) is 9.78 Å². The van der Waals surface area contributed by atoms with Crippen LogP contribution in [0.25, 0.3) is 0 Å². The number of carboxylic acids is 1. The van der Waals surface area contributed by atoms with E-state index in [0.717, 1.165) is 15.0 Å². The van der Waals surface area contributed by atoms with Crippen LogP contribution in [-0.4, -0.2) is 16.1 Å². The van der Waals surface area contributed by atoms with Crippen molar-refractivity contribution in [3.63, 3.8) is 0 Å². The Hall–Kier alpha value is -1.40. The molecule has 0 saturated carbocycles. The molecule has 0 spiro atoms. The van der Waals surface area contributed by atoms with Crippen molar-refractivity contribution < 1.29 is 9.90 Å². The molecular weight excluding hydrogens is 328 g/mol. The SMILES string of the molecule is CCc1cc(C(=O)O)cc(NCc2sccc2Br)n1. The Morgan fingerprint density at radius 3 is 2.89 bits per heavy atom. The fourth-order valence-electron chi connectivity index (χ4n) is 1.60. The average Bonchev–Trinajstić information content (AvgIpc) is 2.81. The minimum absolute atomic E-state index is 0.264. The normalized spacial score (nSPS) is 10.4. The molecule has 0 fully saturated rings. The van der Waals surface area contributed by atoms with Crippen LogP contribution < -0.4 is 5.32 Å². The van der Waals surface area contributed by atoms with E-state index >= 15 is 0 Å². The molecule has 2 N–H and O–H groups in total. The number of aromatic carboxylic acids is 1. The molecule has 0 aliphatic heterocycles. The van der Waals surface area contributed by atoms with Gasteiger partial charge in [0.05, 0.1) is 12.1 Å². The van der Waals surface area contributed by atoms with Gasteiger partial charge in [-0.15, -0.1) is 11.3 Å². The Kier molecular flexibility index (Phi) is 4.55. The third-order valence-corrected chi connectivity index (χ3v) is 4.54. The molecule has 0 amide bonds. The van der Waals surface area contributed by atoms with Crippen molar-refractivity contribution in [3.8, 4) is 0 Å². The minimum atomic E-state index is -0.933. The summed E-state index contributed by atoms with van der Waals surface area (Å²) in [5, 5.41) is 14.2. The van der Waals surface area contributed by atoms with Crippen LogP contribution in [0.4, 0.5) is 5.82 Å². The predicted molar refractivity (Wildman–Crippen MR) is 79.9 cm³/mol. The summed E-state index contributed by atoms with van der Waals surface area (Å²) >= 11 is 5.10. The van der Waals surface area contributed by atoms with Gasteiger partial charge in [-0.3, -0.25) is 0 Å². The molecule has 0 aromatic carbocycles. The Morgan fingerprint density at radius 2 is 2.32 bits per heavy atom. The molecule has 2 aromatic heterocycles. The highest BCUT2D eigenvalue weighted by molar-refractivity contribution is 9.10. The van der Waals surface area contributed by atoms with Gasteiger partial charge < -0.3 is 10.4 Å². The molecule has 0 atom stereocenters. The second-order valence-corrected chi connectivity index (χ2v) is 5.79. The number of anilines is 1. The van der Waals surface area contributed by atoms with Crippen molar-refractivity contribution in [1.82, 2.24) is 4.98 Å². The first-order valence-corrected chi connectivity index (χ1v) is 7.47. The van der Waals surface area contributed by atoms with Gasteiger partial charge in [-0.05, 0) is 45.9 Å². The predicted octanol–water partition coefficient (Wildman–Crippen LogP) is 3.78. The van der Waals surface area contributed by atoms with Crippen molar-refractivity contribution in [2.24, 2.45) is 0 Å². The lowest BCUT2D eigenvalue weighted by Gasteiger charge is -2.08. The number of pyridine rings is 1. The van der Waals surface area contributed by atoms with Gasteiger partial charge in [-0.2, -0.15) is 0 Å². The van der Waals surface area contributed by atoms with Crippen LogP contribution in [0.1, 0.15) is 27.9 Å². The van der Waals surface area contributed by atoms with Crippen molar-refractivity contribution in [3.05, 3.63) is 44.2 Å². The molecule has 100 valence electrons. The van der Waals surface area contributed by atoms with E-state index in [1.54, 1.807) is 23.5 Å². The maximum Gasteiger partial charge on any atom is 0.335 e. The molecule has 6 heteroatoms. The summed E-state index contributed by atoms with van der Waals surface area (Å²) in [6.45, 7) is 2.57. The van der Waals surface area contributed by atoms with Gasteiger partial charge in [0.1, 0.15) is 5.82 Å². The first-order chi connectivity index (χ1) is 9.10. The number of nitrogens with zero attached hydrogens (tertiary/aromatic N) is 1. The highest BCUT2D eigenvalue weighted by Gasteiger charge is 2.08. The van der Waals surface area contributed by atoms with E-state index in [9.17, 15) is 4.79 Å². The van der Waals surface area contributed by atoms with Crippen LogP contribution in [-0.2, 0) is 13.0 Å². The molecule has 0 aliphatic rings. The second kappa shape index (κ2) is 6.16. The molecule has 0 aliphatic carbocycles. The van der Waals surface area contributed by atoms with Crippen molar-refractivity contribution in [2.75, 3.05) is 5.32 Å². The highest BCUT2D eigenvalue weighted by atomic mass is 79.9. The number of aryl methyl sites for hydroxylation is 1. The van der Waals surface area contributed by atoms with E-state index < -0.39 is 5.97 Å². The molecule has 0 radical (unpaired) electrons. The number of rotatable bonds is 5. The molecule has 2 aromatic rings. The van der Waals surface area contributed by atoms with Crippen LogP contribution in [0.2, 0.25) is 0 Å². The number of thiophene rings is 1. The van der Waals surface area contributed by atoms with Crippen LogP contribution in [0.15, 0.2) is 28.1 Å². The summed E-state index contributed by atoms with van der Waals surface area (Å²) in [4.78, 5) is 16.6. The standard InChI is InChI=1S/C13H13BrN2O2S/c1-2-9-5-8(13(17)18)6-12(16-9)15-7-11-10(14)3-4-19-11/h3-6H,2,7H2,1H3,(H,15,16)(H,17,18). The summed E-state index contributed by atoms with van der Waals surface area (Å²) in [5.74, 6) is -0.338. The smallest absolute Gasteiger partial charge is 0.335 e. The third-order valence-electron chi connectivity index (χ3n) is 2.61. The lowest BCUT2D eigenvalue weighted by atomic mass is 10.2. The largest absolute Gasteiger partial charge is 0.478 e. The summed E-state index contributed by atoms with van der Waals surface area (Å²) in [5.41, 5.74) is 1.03. The Bertz CT molecular complexity index is 598. The zero-order valence-electron chi connectivity index (χ0n) is 10.3. The lowest BCUT2D eigenvalue weighted by molar-refractivity contribution is 0.0696. The molecule has 0 unspecified atom stereocenters.